The molecule has 3 N–H and O–H groups in total. The fraction of sp³-hybridized carbons (Fsp3) is 0.462. The second-order valence-corrected chi connectivity index (χ2v) is 5.28. The second kappa shape index (κ2) is 3.68. The van der Waals surface area contributed by atoms with Gasteiger partial charge in [-0.05, 0) is 37.0 Å². The minimum Gasteiger partial charge on any atom is -0.396 e. The topological polar surface area (TPSA) is 66.6 Å². The predicted molar refractivity (Wildman–Crippen MR) is 64.4 cm³/mol. The van der Waals surface area contributed by atoms with Crippen LogP contribution in [0.4, 0.5) is 10.1 Å². The third kappa shape index (κ3) is 1.75. The first-order valence-corrected chi connectivity index (χ1v) is 6.06. The van der Waals surface area contributed by atoms with Crippen molar-refractivity contribution < 1.29 is 14.3 Å². The van der Waals surface area contributed by atoms with E-state index in [9.17, 15) is 14.3 Å². The molecule has 96 valence electrons. The molecule has 0 atom stereocenters. The molecule has 1 aromatic carbocycles. The SMILES string of the molecule is Nc1cc(C(=O)N2CC(O)(C3CC3)C2)ccc1F. The molecule has 4 nitrogen and oxygen atoms in total. The molecule has 0 unspecified atom stereocenters. The number of nitrogens with two attached hydrogens (primary N) is 1. The molecule has 18 heavy (non-hydrogen) atoms. The molecule has 1 amide bonds. The lowest BCUT2D eigenvalue weighted by molar-refractivity contribution is -0.0958. The number of β-amino-alcohol motifs (C(OH)–C–C–N with tert-alkyl or cyclic N) is 1. The lowest BCUT2D eigenvalue weighted by Crippen LogP contribution is -2.64. The average molecular weight is 250 g/mol. The predicted octanol–water partition coefficient (Wildman–Crippen LogP) is 1.00. The first-order chi connectivity index (χ1) is 8.49. The molecule has 1 aliphatic carbocycles. The van der Waals surface area contributed by atoms with Crippen molar-refractivity contribution in [1.29, 1.82) is 0 Å². The van der Waals surface area contributed by atoms with Crippen LogP contribution in [-0.2, 0) is 0 Å². The number of benzene rings is 1. The molecule has 1 saturated carbocycles. The van der Waals surface area contributed by atoms with Crippen molar-refractivity contribution in [1.82, 2.24) is 4.90 Å². The number of carbonyl (C=O) groups excluding carboxylic acids is 1. The monoisotopic (exact) mass is 250 g/mol. The number of rotatable bonds is 2. The maximum absolute atomic E-state index is 13.0. The number of aliphatic hydroxyl groups is 1. The molecule has 5 heteroatoms. The highest BCUT2D eigenvalue weighted by molar-refractivity contribution is 5.95. The summed E-state index contributed by atoms with van der Waals surface area (Å²) in [5.41, 5.74) is 5.08. The molecule has 1 aromatic rings. The Morgan fingerprint density at radius 3 is 2.67 bits per heavy atom. The molecule has 1 saturated heterocycles. The number of amides is 1. The maximum atomic E-state index is 13.0. The van der Waals surface area contributed by atoms with Crippen LogP contribution in [0.3, 0.4) is 0 Å². The molecule has 3 rings (SSSR count). The van der Waals surface area contributed by atoms with Crippen LogP contribution in [0.2, 0.25) is 0 Å². The van der Waals surface area contributed by atoms with Crippen LogP contribution in [0.15, 0.2) is 18.2 Å². The number of hydrogen-bond acceptors (Lipinski definition) is 3. The van der Waals surface area contributed by atoms with Gasteiger partial charge in [-0.25, -0.2) is 4.39 Å². The summed E-state index contributed by atoms with van der Waals surface area (Å²) >= 11 is 0. The Morgan fingerprint density at radius 2 is 2.11 bits per heavy atom. The summed E-state index contributed by atoms with van der Waals surface area (Å²) in [4.78, 5) is 13.6. The van der Waals surface area contributed by atoms with E-state index < -0.39 is 11.4 Å². The molecule has 0 bridgehead atoms. The van der Waals surface area contributed by atoms with Crippen LogP contribution >= 0.6 is 0 Å². The zero-order valence-corrected chi connectivity index (χ0v) is 9.90. The van der Waals surface area contributed by atoms with Crippen molar-refractivity contribution in [3.8, 4) is 0 Å². The number of carbonyl (C=O) groups is 1. The van der Waals surface area contributed by atoms with Gasteiger partial charge in [0.25, 0.3) is 5.91 Å². The van der Waals surface area contributed by atoms with E-state index in [0.29, 0.717) is 24.6 Å². The number of nitrogen functional groups attached to an aromatic ring is 1. The maximum Gasteiger partial charge on any atom is 0.254 e. The first kappa shape index (κ1) is 11.5. The average Bonchev–Trinajstić information content (AvgIpc) is 3.12. The summed E-state index contributed by atoms with van der Waals surface area (Å²) in [6.45, 7) is 0.738. The largest absolute Gasteiger partial charge is 0.396 e. The summed E-state index contributed by atoms with van der Waals surface area (Å²) in [7, 11) is 0. The smallest absolute Gasteiger partial charge is 0.254 e. The van der Waals surface area contributed by atoms with Crippen molar-refractivity contribution in [2.75, 3.05) is 18.8 Å². The van der Waals surface area contributed by atoms with Gasteiger partial charge in [-0.1, -0.05) is 0 Å². The number of anilines is 1. The lowest BCUT2D eigenvalue weighted by atomic mass is 9.88. The summed E-state index contributed by atoms with van der Waals surface area (Å²) in [5.74, 6) is -0.378. The molecule has 0 spiro atoms. The summed E-state index contributed by atoms with van der Waals surface area (Å²) in [5, 5.41) is 10.1. The highest BCUT2D eigenvalue weighted by Crippen LogP contribution is 2.44. The number of likely N-dealkylation sites (tertiary alicyclic amines) is 1. The van der Waals surface area contributed by atoms with Gasteiger partial charge in [0.2, 0.25) is 0 Å². The third-order valence-corrected chi connectivity index (χ3v) is 3.80. The summed E-state index contributed by atoms with van der Waals surface area (Å²) in [6.07, 6.45) is 2.09. The number of halogens is 1. The van der Waals surface area contributed by atoms with Crippen molar-refractivity contribution in [3.63, 3.8) is 0 Å². The van der Waals surface area contributed by atoms with E-state index in [1.165, 1.54) is 18.2 Å². The minimum absolute atomic E-state index is 0.0289. The summed E-state index contributed by atoms with van der Waals surface area (Å²) in [6, 6.07) is 3.95. The van der Waals surface area contributed by atoms with Crippen LogP contribution in [-0.4, -0.2) is 34.6 Å². The van der Waals surface area contributed by atoms with Gasteiger partial charge < -0.3 is 15.7 Å². The Balaban J connectivity index is 1.70. The van der Waals surface area contributed by atoms with E-state index in [0.717, 1.165) is 12.8 Å². The zero-order valence-electron chi connectivity index (χ0n) is 9.90. The van der Waals surface area contributed by atoms with E-state index in [2.05, 4.69) is 0 Å². The molecular weight excluding hydrogens is 235 g/mol. The molecule has 0 aromatic heterocycles. The summed E-state index contributed by atoms with van der Waals surface area (Å²) < 4.78 is 13.0. The highest BCUT2D eigenvalue weighted by atomic mass is 19.1. The van der Waals surface area contributed by atoms with Gasteiger partial charge in [-0.3, -0.25) is 4.79 Å². The Labute approximate surface area is 104 Å². The van der Waals surface area contributed by atoms with Gasteiger partial charge in [0.05, 0.1) is 18.8 Å². The van der Waals surface area contributed by atoms with E-state index in [-0.39, 0.29) is 11.6 Å². The van der Waals surface area contributed by atoms with Gasteiger partial charge >= 0.3 is 0 Å². The van der Waals surface area contributed by atoms with Crippen molar-refractivity contribution >= 4 is 11.6 Å². The van der Waals surface area contributed by atoms with Gasteiger partial charge in [0, 0.05) is 5.56 Å². The standard InChI is InChI=1S/C13H15FN2O2/c14-10-4-1-8(5-11(10)15)12(17)16-6-13(18,7-16)9-2-3-9/h1,4-5,9,18H,2-3,6-7,15H2. The molecule has 0 radical (unpaired) electrons. The van der Waals surface area contributed by atoms with Crippen LogP contribution in [0.25, 0.3) is 0 Å². The molecule has 1 aliphatic heterocycles. The Kier molecular flexibility index (Phi) is 2.35. The number of hydrogen-bond donors (Lipinski definition) is 2. The van der Waals surface area contributed by atoms with Crippen molar-refractivity contribution in [2.45, 2.75) is 18.4 Å². The zero-order chi connectivity index (χ0) is 12.9. The van der Waals surface area contributed by atoms with Gasteiger partial charge in [0.1, 0.15) is 11.4 Å². The normalized spacial score (nSPS) is 21.6. The Bertz CT molecular complexity index is 508. The van der Waals surface area contributed by atoms with Crippen molar-refractivity contribution in [2.24, 2.45) is 5.92 Å². The minimum atomic E-state index is -0.693. The van der Waals surface area contributed by atoms with E-state index in [1.54, 1.807) is 4.90 Å². The molecule has 1 heterocycles. The lowest BCUT2D eigenvalue weighted by Gasteiger charge is -2.47. The molecule has 2 fully saturated rings. The van der Waals surface area contributed by atoms with Gasteiger partial charge in [-0.15, -0.1) is 0 Å². The van der Waals surface area contributed by atoms with Crippen LogP contribution in [0.1, 0.15) is 23.2 Å². The van der Waals surface area contributed by atoms with E-state index in [4.69, 9.17) is 5.73 Å². The first-order valence-electron chi connectivity index (χ1n) is 6.06. The van der Waals surface area contributed by atoms with Gasteiger partial charge in [0.15, 0.2) is 0 Å². The molecule has 2 aliphatic rings. The van der Waals surface area contributed by atoms with Gasteiger partial charge in [-0.2, -0.15) is 0 Å². The van der Waals surface area contributed by atoms with Crippen LogP contribution in [0, 0.1) is 11.7 Å². The second-order valence-electron chi connectivity index (χ2n) is 5.28. The Morgan fingerprint density at radius 1 is 1.44 bits per heavy atom. The van der Waals surface area contributed by atoms with E-state index in [1.807, 2.05) is 0 Å². The molecular formula is C13H15FN2O2. The van der Waals surface area contributed by atoms with E-state index >= 15 is 0 Å². The van der Waals surface area contributed by atoms with Crippen molar-refractivity contribution in [3.05, 3.63) is 29.6 Å². The van der Waals surface area contributed by atoms with Crippen LogP contribution in [0.5, 0.6) is 0 Å². The fourth-order valence-corrected chi connectivity index (χ4v) is 2.50. The quantitative estimate of drug-likeness (QED) is 0.770. The number of nitrogens with zero attached hydrogens (tertiary/aromatic N) is 1. The Hall–Kier alpha value is -1.62. The highest BCUT2D eigenvalue weighted by Gasteiger charge is 2.53. The third-order valence-electron chi connectivity index (χ3n) is 3.80. The fourth-order valence-electron chi connectivity index (χ4n) is 2.50. The van der Waals surface area contributed by atoms with Crippen LogP contribution < -0.4 is 5.73 Å².